The van der Waals surface area contributed by atoms with E-state index in [-0.39, 0.29) is 5.69 Å². The Bertz CT molecular complexity index is 850. The van der Waals surface area contributed by atoms with Gasteiger partial charge in [-0.1, -0.05) is 0 Å². The van der Waals surface area contributed by atoms with Crippen molar-refractivity contribution >= 4 is 22.9 Å². The lowest BCUT2D eigenvalue weighted by molar-refractivity contribution is 0.791. The number of rotatable bonds is 2. The molecule has 0 radical (unpaired) electrons. The van der Waals surface area contributed by atoms with E-state index in [0.717, 1.165) is 21.7 Å². The van der Waals surface area contributed by atoms with Gasteiger partial charge in [0.1, 0.15) is 0 Å². The third kappa shape index (κ3) is 1.92. The first-order valence-electron chi connectivity index (χ1n) is 6.13. The van der Waals surface area contributed by atoms with Gasteiger partial charge in [0.2, 0.25) is 0 Å². The zero-order chi connectivity index (χ0) is 14.3. The Hall–Kier alpha value is -2.08. The molecule has 0 aliphatic heterocycles. The summed E-state index contributed by atoms with van der Waals surface area (Å²) in [5.74, 6) is 0. The van der Waals surface area contributed by atoms with Crippen LogP contribution >= 0.6 is 11.8 Å². The van der Waals surface area contributed by atoms with E-state index in [1.807, 2.05) is 24.5 Å². The van der Waals surface area contributed by atoms with E-state index < -0.39 is 0 Å². The molecule has 3 aromatic rings. The zero-order valence-electron chi connectivity index (χ0n) is 11.5. The second kappa shape index (κ2) is 4.79. The molecule has 6 heteroatoms. The predicted octanol–water partition coefficient (Wildman–Crippen LogP) is 2.06. The van der Waals surface area contributed by atoms with Crippen LogP contribution in [0.3, 0.4) is 0 Å². The minimum atomic E-state index is -0.0736. The maximum Gasteiger partial charge on any atom is 0.329 e. The van der Waals surface area contributed by atoms with Crippen LogP contribution in [0.25, 0.3) is 22.4 Å². The number of thioether (sulfide) groups is 1. The summed E-state index contributed by atoms with van der Waals surface area (Å²) >= 11 is 1.67. The lowest BCUT2D eigenvalue weighted by Crippen LogP contribution is -2.19. The fourth-order valence-corrected chi connectivity index (χ4v) is 2.63. The average molecular weight is 286 g/mol. The molecule has 0 saturated carbocycles. The van der Waals surface area contributed by atoms with Crippen molar-refractivity contribution in [2.45, 2.75) is 4.90 Å². The molecule has 0 aromatic carbocycles. The standard InChI is InChI=1S/C14H14N4OS/c1-17-12-6-9(8-16-13(12)18(2)14(17)19)11-7-10(20-3)4-5-15-11/h4-8H,1-3H3. The molecule has 102 valence electrons. The first-order chi connectivity index (χ1) is 9.61. The normalized spacial score (nSPS) is 11.2. The minimum Gasteiger partial charge on any atom is -0.293 e. The van der Waals surface area contributed by atoms with Gasteiger partial charge < -0.3 is 0 Å². The first-order valence-corrected chi connectivity index (χ1v) is 7.36. The fourth-order valence-electron chi connectivity index (χ4n) is 2.21. The molecule has 5 nitrogen and oxygen atoms in total. The number of imidazole rings is 1. The van der Waals surface area contributed by atoms with Gasteiger partial charge in [0.15, 0.2) is 5.65 Å². The Kier molecular flexibility index (Phi) is 3.10. The topological polar surface area (TPSA) is 52.7 Å². The molecular weight excluding hydrogens is 272 g/mol. The van der Waals surface area contributed by atoms with Gasteiger partial charge in [-0.25, -0.2) is 9.78 Å². The highest BCUT2D eigenvalue weighted by atomic mass is 32.2. The van der Waals surface area contributed by atoms with Crippen LogP contribution in [0.2, 0.25) is 0 Å². The summed E-state index contributed by atoms with van der Waals surface area (Å²) in [6.07, 6.45) is 5.57. The highest BCUT2D eigenvalue weighted by molar-refractivity contribution is 7.98. The van der Waals surface area contributed by atoms with Crippen LogP contribution in [0.15, 0.2) is 40.3 Å². The second-order valence-electron chi connectivity index (χ2n) is 4.55. The highest BCUT2D eigenvalue weighted by Crippen LogP contribution is 2.23. The number of aromatic nitrogens is 4. The molecule has 0 spiro atoms. The van der Waals surface area contributed by atoms with Crippen molar-refractivity contribution in [2.75, 3.05) is 6.26 Å². The molecule has 0 atom stereocenters. The molecule has 0 N–H and O–H groups in total. The summed E-state index contributed by atoms with van der Waals surface area (Å²) in [4.78, 5) is 21.8. The quantitative estimate of drug-likeness (QED) is 0.677. The third-order valence-corrected chi connectivity index (χ3v) is 4.09. The number of aryl methyl sites for hydroxylation is 2. The summed E-state index contributed by atoms with van der Waals surface area (Å²) in [6, 6.07) is 5.95. The Morgan fingerprint density at radius 3 is 2.70 bits per heavy atom. The van der Waals surface area contributed by atoms with Gasteiger partial charge in [-0.3, -0.25) is 14.1 Å². The van der Waals surface area contributed by atoms with E-state index in [9.17, 15) is 4.79 Å². The van der Waals surface area contributed by atoms with E-state index in [1.165, 1.54) is 0 Å². The molecule has 3 rings (SSSR count). The van der Waals surface area contributed by atoms with Crippen molar-refractivity contribution in [3.63, 3.8) is 0 Å². The highest BCUT2D eigenvalue weighted by Gasteiger charge is 2.11. The van der Waals surface area contributed by atoms with Gasteiger partial charge in [-0.15, -0.1) is 11.8 Å². The maximum atomic E-state index is 11.9. The van der Waals surface area contributed by atoms with E-state index >= 15 is 0 Å². The van der Waals surface area contributed by atoms with E-state index in [4.69, 9.17) is 0 Å². The van der Waals surface area contributed by atoms with Crippen LogP contribution in [-0.4, -0.2) is 25.4 Å². The molecule has 0 bridgehead atoms. The van der Waals surface area contributed by atoms with Crippen molar-refractivity contribution < 1.29 is 0 Å². The van der Waals surface area contributed by atoms with Crippen molar-refractivity contribution in [3.8, 4) is 11.3 Å². The first kappa shape index (κ1) is 12.9. The number of fused-ring (bicyclic) bond motifs is 1. The average Bonchev–Trinajstić information content (AvgIpc) is 2.72. The monoisotopic (exact) mass is 286 g/mol. The van der Waals surface area contributed by atoms with Crippen LogP contribution in [0.5, 0.6) is 0 Å². The number of pyridine rings is 2. The summed E-state index contributed by atoms with van der Waals surface area (Å²) in [7, 11) is 3.48. The SMILES string of the molecule is CSc1ccnc(-c2cnc3c(c2)n(C)c(=O)n3C)c1. The number of hydrogen-bond acceptors (Lipinski definition) is 4. The Balaban J connectivity index is 2.22. The Morgan fingerprint density at radius 1 is 1.15 bits per heavy atom. The summed E-state index contributed by atoms with van der Waals surface area (Å²) in [5.41, 5.74) is 3.20. The van der Waals surface area contributed by atoms with Crippen LogP contribution in [0, 0.1) is 0 Å². The lowest BCUT2D eigenvalue weighted by atomic mass is 10.2. The summed E-state index contributed by atoms with van der Waals surface area (Å²) in [6.45, 7) is 0. The van der Waals surface area contributed by atoms with Crippen LogP contribution in [0.1, 0.15) is 0 Å². The van der Waals surface area contributed by atoms with Crippen LogP contribution < -0.4 is 5.69 Å². The van der Waals surface area contributed by atoms with Crippen LogP contribution in [-0.2, 0) is 14.1 Å². The Labute approximate surface area is 120 Å². The molecule has 0 amide bonds. The molecule has 0 unspecified atom stereocenters. The predicted molar refractivity (Wildman–Crippen MR) is 81.0 cm³/mol. The molecule has 3 heterocycles. The van der Waals surface area contributed by atoms with E-state index in [2.05, 4.69) is 9.97 Å². The molecule has 0 fully saturated rings. The maximum absolute atomic E-state index is 11.9. The van der Waals surface area contributed by atoms with Crippen molar-refractivity contribution in [1.82, 2.24) is 19.1 Å². The van der Waals surface area contributed by atoms with Gasteiger partial charge >= 0.3 is 5.69 Å². The lowest BCUT2D eigenvalue weighted by Gasteiger charge is -2.03. The summed E-state index contributed by atoms with van der Waals surface area (Å²) in [5, 5.41) is 0. The molecule has 0 saturated heterocycles. The molecular formula is C14H14N4OS. The van der Waals surface area contributed by atoms with Crippen molar-refractivity contribution in [3.05, 3.63) is 41.1 Å². The van der Waals surface area contributed by atoms with Crippen molar-refractivity contribution in [1.29, 1.82) is 0 Å². The van der Waals surface area contributed by atoms with Crippen molar-refractivity contribution in [2.24, 2.45) is 14.1 Å². The van der Waals surface area contributed by atoms with Crippen LogP contribution in [0.4, 0.5) is 0 Å². The van der Waals surface area contributed by atoms with Gasteiger partial charge in [0, 0.05) is 36.9 Å². The van der Waals surface area contributed by atoms with Gasteiger partial charge in [-0.2, -0.15) is 0 Å². The third-order valence-electron chi connectivity index (χ3n) is 3.36. The van der Waals surface area contributed by atoms with E-state index in [1.54, 1.807) is 47.4 Å². The second-order valence-corrected chi connectivity index (χ2v) is 5.43. The summed E-state index contributed by atoms with van der Waals surface area (Å²) < 4.78 is 3.15. The molecule has 0 aliphatic carbocycles. The molecule has 0 aliphatic rings. The molecule has 20 heavy (non-hydrogen) atoms. The minimum absolute atomic E-state index is 0.0736. The number of nitrogens with zero attached hydrogens (tertiary/aromatic N) is 4. The van der Waals surface area contributed by atoms with E-state index in [0.29, 0.717) is 5.65 Å². The van der Waals surface area contributed by atoms with Gasteiger partial charge in [-0.05, 0) is 24.5 Å². The fraction of sp³-hybridized carbons (Fsp3) is 0.214. The number of hydrogen-bond donors (Lipinski definition) is 0. The van der Waals surface area contributed by atoms with Gasteiger partial charge in [0.25, 0.3) is 0 Å². The molecule has 3 aromatic heterocycles. The Morgan fingerprint density at radius 2 is 1.95 bits per heavy atom. The zero-order valence-corrected chi connectivity index (χ0v) is 12.3. The smallest absolute Gasteiger partial charge is 0.293 e. The largest absolute Gasteiger partial charge is 0.329 e. The van der Waals surface area contributed by atoms with Gasteiger partial charge in [0.05, 0.1) is 11.2 Å².